The highest BCUT2D eigenvalue weighted by molar-refractivity contribution is 6.08. The lowest BCUT2D eigenvalue weighted by molar-refractivity contribution is -0.128. The number of hydrogen-bond donors (Lipinski definition) is 3. The van der Waals surface area contributed by atoms with E-state index in [-0.39, 0.29) is 29.6 Å². The van der Waals surface area contributed by atoms with Gasteiger partial charge in [0.05, 0.1) is 6.04 Å². The molecule has 2 aliphatic heterocycles. The molecule has 0 aliphatic carbocycles. The second kappa shape index (κ2) is 7.26. The molecule has 3 N–H and O–H groups in total. The molecule has 3 rings (SSSR count). The third kappa shape index (κ3) is 3.32. The van der Waals surface area contributed by atoms with Gasteiger partial charge in [-0.3, -0.25) is 19.3 Å². The van der Waals surface area contributed by atoms with Crippen molar-refractivity contribution in [2.75, 3.05) is 4.90 Å². The quantitative estimate of drug-likeness (QED) is 0.647. The minimum absolute atomic E-state index is 0.0721. The van der Waals surface area contributed by atoms with Crippen LogP contribution in [0.2, 0.25) is 0 Å². The lowest BCUT2D eigenvalue weighted by Crippen LogP contribution is -2.68. The number of nitrogens with one attached hydrogen (secondary N) is 3. The number of pyridine rings is 1. The van der Waals surface area contributed by atoms with E-state index in [1.54, 1.807) is 38.2 Å². The maximum atomic E-state index is 13.3. The molecular formula is C18H24N6O3. The van der Waals surface area contributed by atoms with Crippen molar-refractivity contribution in [1.29, 1.82) is 0 Å². The van der Waals surface area contributed by atoms with Crippen LogP contribution < -0.4 is 20.9 Å². The van der Waals surface area contributed by atoms with Crippen LogP contribution in [-0.4, -0.2) is 46.5 Å². The molecule has 0 saturated heterocycles. The monoisotopic (exact) mass is 372 g/mol. The zero-order chi connectivity index (χ0) is 19.7. The van der Waals surface area contributed by atoms with E-state index in [9.17, 15) is 14.4 Å². The molecule has 144 valence electrons. The molecule has 9 heteroatoms. The molecule has 1 aromatic rings. The first-order chi connectivity index (χ1) is 12.8. The summed E-state index contributed by atoms with van der Waals surface area (Å²) in [6.07, 6.45) is 1.39. The van der Waals surface area contributed by atoms with Crippen LogP contribution in [0.1, 0.15) is 27.7 Å². The molecule has 0 bridgehead atoms. The summed E-state index contributed by atoms with van der Waals surface area (Å²) < 4.78 is 0. The van der Waals surface area contributed by atoms with Gasteiger partial charge < -0.3 is 20.9 Å². The summed E-state index contributed by atoms with van der Waals surface area (Å²) in [5.74, 6) is -0.108. The normalized spacial score (nSPS) is 24.9. The second-order valence-corrected chi connectivity index (χ2v) is 6.98. The van der Waals surface area contributed by atoms with Crippen LogP contribution in [0.3, 0.4) is 0 Å². The summed E-state index contributed by atoms with van der Waals surface area (Å²) in [5, 5.41) is 9.18. The first-order valence-electron chi connectivity index (χ1n) is 8.91. The summed E-state index contributed by atoms with van der Waals surface area (Å²) in [4.78, 5) is 44.3. The lowest BCUT2D eigenvalue weighted by Gasteiger charge is -2.46. The Balaban J connectivity index is 2.05. The number of aromatic nitrogens is 1. The van der Waals surface area contributed by atoms with Gasteiger partial charge in [0.25, 0.3) is 5.91 Å². The van der Waals surface area contributed by atoms with Crippen LogP contribution in [0.4, 0.5) is 5.82 Å². The van der Waals surface area contributed by atoms with E-state index in [1.165, 1.54) is 9.80 Å². The molecule has 3 heterocycles. The number of nitrogens with zero attached hydrogens (tertiary/aromatic N) is 3. The van der Waals surface area contributed by atoms with Crippen LogP contribution in [0, 0.1) is 5.92 Å². The number of amides is 3. The van der Waals surface area contributed by atoms with Gasteiger partial charge in [-0.1, -0.05) is 19.9 Å². The fraction of sp³-hybridized carbons (Fsp3) is 0.444. The van der Waals surface area contributed by atoms with Crippen LogP contribution in [0.15, 0.2) is 35.9 Å². The topological polar surface area (TPSA) is 107 Å². The summed E-state index contributed by atoms with van der Waals surface area (Å²) in [5.41, 5.74) is 0.205. The molecule has 9 nitrogen and oxygen atoms in total. The Labute approximate surface area is 157 Å². The van der Waals surface area contributed by atoms with Gasteiger partial charge in [0.1, 0.15) is 11.6 Å². The Kier molecular flexibility index (Phi) is 5.02. The van der Waals surface area contributed by atoms with Gasteiger partial charge in [-0.15, -0.1) is 0 Å². The molecule has 0 aromatic carbocycles. The summed E-state index contributed by atoms with van der Waals surface area (Å²) in [6.45, 7) is 7.32. The van der Waals surface area contributed by atoms with Crippen molar-refractivity contribution in [2.45, 2.75) is 46.1 Å². The number of hydrogen-bond acceptors (Lipinski definition) is 6. The van der Waals surface area contributed by atoms with Gasteiger partial charge in [-0.25, -0.2) is 4.98 Å². The number of carbonyl (C=O) groups excluding carboxylic acids is 3. The van der Waals surface area contributed by atoms with E-state index < -0.39 is 12.2 Å². The smallest absolute Gasteiger partial charge is 0.283 e. The molecule has 2 aliphatic rings. The van der Waals surface area contributed by atoms with Crippen molar-refractivity contribution >= 4 is 24.0 Å². The van der Waals surface area contributed by atoms with Crippen molar-refractivity contribution in [3.63, 3.8) is 0 Å². The van der Waals surface area contributed by atoms with Crippen molar-refractivity contribution in [3.8, 4) is 0 Å². The van der Waals surface area contributed by atoms with E-state index in [0.717, 1.165) is 0 Å². The van der Waals surface area contributed by atoms with E-state index in [2.05, 4.69) is 20.9 Å². The summed E-state index contributed by atoms with van der Waals surface area (Å²) >= 11 is 0. The zero-order valence-corrected chi connectivity index (χ0v) is 15.8. The summed E-state index contributed by atoms with van der Waals surface area (Å²) in [7, 11) is 0. The van der Waals surface area contributed by atoms with Gasteiger partial charge in [-0.05, 0) is 26.0 Å². The Morgan fingerprint density at radius 3 is 2.63 bits per heavy atom. The van der Waals surface area contributed by atoms with Gasteiger partial charge in [-0.2, -0.15) is 0 Å². The third-order valence-electron chi connectivity index (χ3n) is 4.80. The maximum absolute atomic E-state index is 13.3. The molecule has 27 heavy (non-hydrogen) atoms. The molecule has 1 aromatic heterocycles. The predicted molar refractivity (Wildman–Crippen MR) is 98.6 cm³/mol. The van der Waals surface area contributed by atoms with Crippen molar-refractivity contribution < 1.29 is 14.4 Å². The van der Waals surface area contributed by atoms with Gasteiger partial charge in [0, 0.05) is 18.2 Å². The van der Waals surface area contributed by atoms with Crippen molar-refractivity contribution in [2.24, 2.45) is 5.92 Å². The molecule has 3 amide bonds. The average molecular weight is 372 g/mol. The Hall–Kier alpha value is -3.10. The van der Waals surface area contributed by atoms with Crippen LogP contribution in [0.25, 0.3) is 0 Å². The first-order valence-corrected chi connectivity index (χ1v) is 8.91. The largest absolute Gasteiger partial charge is 0.365 e. The minimum atomic E-state index is -0.831. The molecular weight excluding hydrogens is 348 g/mol. The Morgan fingerprint density at radius 1 is 1.30 bits per heavy atom. The molecule has 0 radical (unpaired) electrons. The Morgan fingerprint density at radius 2 is 2.04 bits per heavy atom. The van der Waals surface area contributed by atoms with Crippen molar-refractivity contribution in [3.05, 3.63) is 35.9 Å². The fourth-order valence-electron chi connectivity index (χ4n) is 3.03. The highest BCUT2D eigenvalue weighted by atomic mass is 16.2. The SMILES string of the molecule is CC(C)C(=O)N[C@@H]1NC2=C(C(=O)N1c1ccccn1)N(C=O)[C@@H](C)[C@@H](C)N2. The summed E-state index contributed by atoms with van der Waals surface area (Å²) in [6, 6.07) is 4.88. The van der Waals surface area contributed by atoms with E-state index in [1.807, 2.05) is 13.8 Å². The highest BCUT2D eigenvalue weighted by Gasteiger charge is 2.44. The van der Waals surface area contributed by atoms with Crippen LogP contribution >= 0.6 is 0 Å². The minimum Gasteiger partial charge on any atom is -0.365 e. The molecule has 0 spiro atoms. The highest BCUT2D eigenvalue weighted by Crippen LogP contribution is 2.27. The van der Waals surface area contributed by atoms with Crippen molar-refractivity contribution in [1.82, 2.24) is 25.8 Å². The zero-order valence-electron chi connectivity index (χ0n) is 15.8. The Bertz CT molecular complexity index is 779. The van der Waals surface area contributed by atoms with Gasteiger partial charge in [0.15, 0.2) is 12.0 Å². The molecule has 0 fully saturated rings. The predicted octanol–water partition coefficient (Wildman–Crippen LogP) is 0.0813. The van der Waals surface area contributed by atoms with E-state index in [0.29, 0.717) is 18.0 Å². The molecule has 3 atom stereocenters. The van der Waals surface area contributed by atoms with E-state index in [4.69, 9.17) is 0 Å². The van der Waals surface area contributed by atoms with Crippen LogP contribution in [-0.2, 0) is 14.4 Å². The molecule has 0 saturated carbocycles. The number of anilines is 1. The molecule has 0 unspecified atom stereocenters. The standard InChI is InChI=1S/C18H24N6O3/c1-10(2)16(26)22-18-21-15-14(23(9-25)12(4)11(3)20-15)17(27)24(18)13-7-5-6-8-19-13/h5-12,18,20-21H,1-4H3,(H,22,26)/t11-,12+,18+/m1/s1. The number of carbonyl (C=O) groups is 3. The second-order valence-electron chi connectivity index (χ2n) is 6.98. The third-order valence-corrected chi connectivity index (χ3v) is 4.80. The fourth-order valence-corrected chi connectivity index (χ4v) is 3.03. The first kappa shape index (κ1) is 18.7. The van der Waals surface area contributed by atoms with Gasteiger partial charge in [0.2, 0.25) is 12.3 Å². The maximum Gasteiger partial charge on any atom is 0.283 e. The lowest BCUT2D eigenvalue weighted by atomic mass is 10.0. The van der Waals surface area contributed by atoms with E-state index >= 15 is 0 Å². The average Bonchev–Trinajstić information content (AvgIpc) is 2.64. The van der Waals surface area contributed by atoms with Gasteiger partial charge >= 0.3 is 0 Å². The number of rotatable bonds is 4. The van der Waals surface area contributed by atoms with Crippen LogP contribution in [0.5, 0.6) is 0 Å².